The van der Waals surface area contributed by atoms with Gasteiger partial charge in [0.25, 0.3) is 0 Å². The van der Waals surface area contributed by atoms with Crippen molar-refractivity contribution in [1.29, 1.82) is 5.26 Å². The Bertz CT molecular complexity index is 1280. The molecule has 1 heterocycles. The molecule has 0 aliphatic rings. The molecule has 3 nitrogen and oxygen atoms in total. The first kappa shape index (κ1) is 25.4. The summed E-state index contributed by atoms with van der Waals surface area (Å²) in [5, 5.41) is 12.5. The molecule has 0 spiro atoms. The van der Waals surface area contributed by atoms with Gasteiger partial charge in [-0.3, -0.25) is 0 Å². The van der Waals surface area contributed by atoms with E-state index in [4.69, 9.17) is 9.72 Å². The number of nitriles is 1. The molecule has 36 heavy (non-hydrogen) atoms. The van der Waals surface area contributed by atoms with Crippen molar-refractivity contribution in [3.63, 3.8) is 0 Å². The lowest BCUT2D eigenvalue weighted by Crippen LogP contribution is -1.97. The fourth-order valence-corrected chi connectivity index (χ4v) is 4.83. The van der Waals surface area contributed by atoms with Crippen LogP contribution < -0.4 is 4.74 Å². The molecule has 0 atom stereocenters. The zero-order valence-electron chi connectivity index (χ0n) is 20.8. The zero-order valence-corrected chi connectivity index (χ0v) is 21.6. The van der Waals surface area contributed by atoms with E-state index in [-0.39, 0.29) is 0 Å². The third-order valence-corrected chi connectivity index (χ3v) is 6.98. The van der Waals surface area contributed by atoms with Crippen molar-refractivity contribution in [2.75, 3.05) is 6.61 Å². The molecule has 0 unspecified atom stereocenters. The van der Waals surface area contributed by atoms with Gasteiger partial charge in [0.1, 0.15) is 16.8 Å². The van der Waals surface area contributed by atoms with Gasteiger partial charge in [0.05, 0.1) is 17.9 Å². The molecule has 4 heteroatoms. The van der Waals surface area contributed by atoms with E-state index in [1.54, 1.807) is 0 Å². The monoisotopic (exact) mass is 492 g/mol. The highest BCUT2D eigenvalue weighted by Crippen LogP contribution is 2.29. The third-order valence-electron chi connectivity index (χ3n) is 6.10. The highest BCUT2D eigenvalue weighted by Gasteiger charge is 2.10. The van der Waals surface area contributed by atoms with Gasteiger partial charge < -0.3 is 4.74 Å². The average molecular weight is 493 g/mol. The van der Waals surface area contributed by atoms with Crippen molar-refractivity contribution in [2.24, 2.45) is 0 Å². The number of hydrogen-bond acceptors (Lipinski definition) is 4. The number of allylic oxidation sites excluding steroid dienone is 1. The van der Waals surface area contributed by atoms with Crippen LogP contribution in [0.15, 0.2) is 84.2 Å². The topological polar surface area (TPSA) is 45.9 Å². The molecule has 0 N–H and O–H groups in total. The first-order chi connectivity index (χ1) is 17.8. The molecule has 0 bridgehead atoms. The normalized spacial score (nSPS) is 11.3. The molecule has 0 amide bonds. The molecule has 1 aromatic heterocycles. The fraction of sp³-hybridized carbons (Fsp3) is 0.250. The number of nitrogens with zero attached hydrogens (tertiary/aromatic N) is 2. The van der Waals surface area contributed by atoms with Gasteiger partial charge in [0.15, 0.2) is 0 Å². The Kier molecular flexibility index (Phi) is 9.47. The Morgan fingerprint density at radius 3 is 2.22 bits per heavy atom. The van der Waals surface area contributed by atoms with Crippen LogP contribution in [0.1, 0.15) is 56.0 Å². The first-order valence-corrected chi connectivity index (χ1v) is 13.6. The molecule has 0 aliphatic carbocycles. The molecule has 0 fully saturated rings. The number of benzene rings is 3. The SMILES string of the molecule is CCCCCCCCOc1ccc(C=C(C#N)c2nc(-c3ccc(-c4ccccc4)cc3)cs2)cc1. The van der Waals surface area contributed by atoms with E-state index in [0.717, 1.165) is 40.6 Å². The van der Waals surface area contributed by atoms with Gasteiger partial charge in [-0.2, -0.15) is 5.26 Å². The van der Waals surface area contributed by atoms with E-state index >= 15 is 0 Å². The average Bonchev–Trinajstić information content (AvgIpc) is 3.43. The maximum Gasteiger partial charge on any atom is 0.134 e. The lowest BCUT2D eigenvalue weighted by atomic mass is 10.0. The Labute approximate surface area is 218 Å². The second kappa shape index (κ2) is 13.4. The van der Waals surface area contributed by atoms with Crippen LogP contribution >= 0.6 is 11.3 Å². The zero-order chi connectivity index (χ0) is 25.0. The van der Waals surface area contributed by atoms with E-state index in [0.29, 0.717) is 5.57 Å². The number of ether oxygens (including phenoxy) is 1. The van der Waals surface area contributed by atoms with E-state index < -0.39 is 0 Å². The summed E-state index contributed by atoms with van der Waals surface area (Å²) < 4.78 is 5.88. The molecule has 0 aliphatic heterocycles. The van der Waals surface area contributed by atoms with E-state index in [1.807, 2.05) is 53.9 Å². The molecular weight excluding hydrogens is 460 g/mol. The van der Waals surface area contributed by atoms with Crippen molar-refractivity contribution in [3.05, 3.63) is 94.8 Å². The van der Waals surface area contributed by atoms with Crippen molar-refractivity contribution in [2.45, 2.75) is 45.4 Å². The molecule has 4 aromatic rings. The van der Waals surface area contributed by atoms with Crippen LogP contribution in [0.3, 0.4) is 0 Å². The van der Waals surface area contributed by atoms with Crippen LogP contribution in [-0.4, -0.2) is 11.6 Å². The van der Waals surface area contributed by atoms with Crippen LogP contribution in [0.2, 0.25) is 0 Å². The van der Waals surface area contributed by atoms with Crippen molar-refractivity contribution in [1.82, 2.24) is 4.98 Å². The minimum atomic E-state index is 0.563. The van der Waals surface area contributed by atoms with Gasteiger partial charge in [-0.1, -0.05) is 106 Å². The molecule has 0 saturated carbocycles. The molecule has 182 valence electrons. The summed E-state index contributed by atoms with van der Waals surface area (Å²) in [6, 6.07) is 29.0. The standard InChI is InChI=1S/C32H32N2OS/c1-2-3-4-5-6-10-21-35-30-19-13-25(14-20-30)22-29(23-33)32-34-31(24-36-32)28-17-15-27(16-18-28)26-11-8-7-9-12-26/h7-9,11-20,22,24H,2-6,10,21H2,1H3. The molecule has 0 saturated heterocycles. The fourth-order valence-electron chi connectivity index (χ4n) is 4.04. The van der Waals surface area contributed by atoms with E-state index in [9.17, 15) is 5.26 Å². The summed E-state index contributed by atoms with van der Waals surface area (Å²) in [7, 11) is 0. The van der Waals surface area contributed by atoms with Gasteiger partial charge in [0, 0.05) is 10.9 Å². The summed E-state index contributed by atoms with van der Waals surface area (Å²) >= 11 is 1.49. The number of hydrogen-bond donors (Lipinski definition) is 0. The smallest absolute Gasteiger partial charge is 0.134 e. The maximum atomic E-state index is 9.78. The first-order valence-electron chi connectivity index (χ1n) is 12.7. The quantitative estimate of drug-likeness (QED) is 0.146. The Balaban J connectivity index is 1.36. The summed E-state index contributed by atoms with van der Waals surface area (Å²) in [4.78, 5) is 4.75. The predicted octanol–water partition coefficient (Wildman–Crippen LogP) is 9.28. The van der Waals surface area contributed by atoms with Gasteiger partial charge in [-0.15, -0.1) is 11.3 Å². The van der Waals surface area contributed by atoms with Crippen molar-refractivity contribution >= 4 is 23.0 Å². The number of aromatic nitrogens is 1. The third kappa shape index (κ3) is 7.16. The van der Waals surface area contributed by atoms with Crippen molar-refractivity contribution in [3.8, 4) is 34.2 Å². The molecule has 4 rings (SSSR count). The van der Waals surface area contributed by atoms with E-state index in [1.165, 1.54) is 54.6 Å². The van der Waals surface area contributed by atoms with Crippen LogP contribution in [0.4, 0.5) is 0 Å². The lowest BCUT2D eigenvalue weighted by molar-refractivity contribution is 0.304. The minimum Gasteiger partial charge on any atom is -0.494 e. The Hall–Kier alpha value is -3.68. The summed E-state index contributed by atoms with van der Waals surface area (Å²) in [5.74, 6) is 0.870. The van der Waals surface area contributed by atoms with Gasteiger partial charge in [-0.25, -0.2) is 4.98 Å². The summed E-state index contributed by atoms with van der Waals surface area (Å²) in [5.41, 5.74) is 5.81. The minimum absolute atomic E-state index is 0.563. The Morgan fingerprint density at radius 2 is 1.50 bits per heavy atom. The summed E-state index contributed by atoms with van der Waals surface area (Å²) in [6.45, 7) is 2.99. The molecule has 0 radical (unpaired) electrons. The molecular formula is C32H32N2OS. The summed E-state index contributed by atoms with van der Waals surface area (Å²) in [6.07, 6.45) is 9.40. The predicted molar refractivity (Wildman–Crippen MR) is 152 cm³/mol. The highest BCUT2D eigenvalue weighted by molar-refractivity contribution is 7.11. The van der Waals surface area contributed by atoms with Gasteiger partial charge in [0.2, 0.25) is 0 Å². The van der Waals surface area contributed by atoms with Crippen LogP contribution in [0.5, 0.6) is 5.75 Å². The lowest BCUT2D eigenvalue weighted by Gasteiger charge is -2.06. The maximum absolute atomic E-state index is 9.78. The Morgan fingerprint density at radius 1 is 0.833 bits per heavy atom. The number of thiazole rings is 1. The van der Waals surface area contributed by atoms with Crippen LogP contribution in [0, 0.1) is 11.3 Å². The largest absolute Gasteiger partial charge is 0.494 e. The highest BCUT2D eigenvalue weighted by atomic mass is 32.1. The van der Waals surface area contributed by atoms with E-state index in [2.05, 4.69) is 49.4 Å². The number of rotatable bonds is 12. The van der Waals surface area contributed by atoms with Crippen LogP contribution in [-0.2, 0) is 0 Å². The number of unbranched alkanes of at least 4 members (excludes halogenated alkanes) is 5. The van der Waals surface area contributed by atoms with Gasteiger partial charge >= 0.3 is 0 Å². The second-order valence-corrected chi connectivity index (χ2v) is 9.69. The van der Waals surface area contributed by atoms with Crippen LogP contribution in [0.25, 0.3) is 34.0 Å². The molecule has 3 aromatic carbocycles. The van der Waals surface area contributed by atoms with Crippen molar-refractivity contribution < 1.29 is 4.74 Å². The second-order valence-electron chi connectivity index (χ2n) is 8.84. The van der Waals surface area contributed by atoms with Gasteiger partial charge in [-0.05, 0) is 41.3 Å².